The summed E-state index contributed by atoms with van der Waals surface area (Å²) in [6, 6.07) is 8.60. The SMILES string of the molecule is CC1(C)[C@@H]2CC[C@@H](CC=CCCCC(=O)O)[C@@]1(NS(=O)(=O)c1ccccc1)C2. The fourth-order valence-corrected chi connectivity index (χ4v) is 6.79. The zero-order valence-corrected chi connectivity index (χ0v) is 17.5. The van der Waals surface area contributed by atoms with Crippen molar-refractivity contribution >= 4 is 16.0 Å². The van der Waals surface area contributed by atoms with Crippen molar-refractivity contribution in [1.82, 2.24) is 4.72 Å². The van der Waals surface area contributed by atoms with Crippen LogP contribution in [0.1, 0.15) is 58.8 Å². The standard InChI is InChI=1S/C22H31NO4S/c1-21(2)18-15-14-17(10-6-3-4-9-13-20(24)25)22(21,16-18)23-28(26,27)19-11-7-5-8-12-19/h3,5-8,11-12,17-18,23H,4,9-10,13-16H2,1-2H3,(H,24,25)/t17-,18-,22+/m1/s1. The van der Waals surface area contributed by atoms with E-state index in [9.17, 15) is 13.2 Å². The first-order valence-electron chi connectivity index (χ1n) is 10.1. The molecule has 6 heteroatoms. The number of rotatable bonds is 9. The Morgan fingerprint density at radius 3 is 2.57 bits per heavy atom. The summed E-state index contributed by atoms with van der Waals surface area (Å²) in [5.74, 6) is 0.0423. The predicted molar refractivity (Wildman–Crippen MR) is 109 cm³/mol. The lowest BCUT2D eigenvalue weighted by Crippen LogP contribution is -2.75. The second-order valence-corrected chi connectivity index (χ2v) is 10.5. The van der Waals surface area contributed by atoms with Gasteiger partial charge in [0.05, 0.1) is 4.90 Å². The van der Waals surface area contributed by atoms with Crippen LogP contribution in [0.3, 0.4) is 0 Å². The first kappa shape index (κ1) is 21.1. The molecule has 1 aromatic carbocycles. The minimum Gasteiger partial charge on any atom is -0.481 e. The number of allylic oxidation sites excluding steroid dienone is 2. The molecular formula is C22H31NO4S. The van der Waals surface area contributed by atoms with E-state index in [0.29, 0.717) is 17.2 Å². The lowest BCUT2D eigenvalue weighted by molar-refractivity contribution is -0.138. The molecular weight excluding hydrogens is 374 g/mol. The molecule has 28 heavy (non-hydrogen) atoms. The van der Waals surface area contributed by atoms with Crippen LogP contribution in [0, 0.1) is 17.3 Å². The second kappa shape index (κ2) is 7.99. The molecule has 0 radical (unpaired) electrons. The Morgan fingerprint density at radius 1 is 1.21 bits per heavy atom. The van der Waals surface area contributed by atoms with Gasteiger partial charge in [-0.15, -0.1) is 0 Å². The zero-order chi connectivity index (χ0) is 20.4. The molecule has 3 aliphatic rings. The van der Waals surface area contributed by atoms with Gasteiger partial charge in [0.15, 0.2) is 0 Å². The number of sulfonamides is 1. The fourth-order valence-electron chi connectivity index (χ4n) is 5.17. The van der Waals surface area contributed by atoms with Crippen LogP contribution in [-0.4, -0.2) is 25.0 Å². The Hall–Kier alpha value is -1.66. The normalized spacial score (nSPS) is 28.8. The Morgan fingerprint density at radius 2 is 1.93 bits per heavy atom. The van der Waals surface area contributed by atoms with Gasteiger partial charge in [0.2, 0.25) is 10.0 Å². The number of unbranched alkanes of at least 4 members (excludes halogenated alkanes) is 1. The summed E-state index contributed by atoms with van der Waals surface area (Å²) in [4.78, 5) is 10.9. The first-order chi connectivity index (χ1) is 13.2. The minimum atomic E-state index is -3.57. The molecule has 4 rings (SSSR count). The average molecular weight is 406 g/mol. The van der Waals surface area contributed by atoms with Crippen LogP contribution in [0.25, 0.3) is 0 Å². The minimum absolute atomic E-state index is 0.0745. The Labute approximate surface area is 168 Å². The summed E-state index contributed by atoms with van der Waals surface area (Å²) in [7, 11) is -3.57. The first-order valence-corrected chi connectivity index (χ1v) is 11.6. The highest BCUT2D eigenvalue weighted by atomic mass is 32.2. The van der Waals surface area contributed by atoms with Crippen LogP contribution in [-0.2, 0) is 14.8 Å². The monoisotopic (exact) mass is 405 g/mol. The summed E-state index contributed by atoms with van der Waals surface area (Å²) in [5, 5.41) is 8.72. The maximum absolute atomic E-state index is 13.1. The number of benzene rings is 1. The lowest BCUT2D eigenvalue weighted by Gasteiger charge is -2.68. The topological polar surface area (TPSA) is 83.5 Å². The van der Waals surface area contributed by atoms with Gasteiger partial charge in [-0.05, 0) is 67.9 Å². The summed E-state index contributed by atoms with van der Waals surface area (Å²) in [5.41, 5.74) is -0.495. The highest BCUT2D eigenvalue weighted by molar-refractivity contribution is 7.89. The maximum Gasteiger partial charge on any atom is 0.303 e. The molecule has 5 nitrogen and oxygen atoms in total. The van der Waals surface area contributed by atoms with Crippen LogP contribution in [0.5, 0.6) is 0 Å². The van der Waals surface area contributed by atoms with E-state index < -0.39 is 21.5 Å². The second-order valence-electron chi connectivity index (χ2n) is 8.78. The maximum atomic E-state index is 13.1. The number of carboxylic acid groups (broad SMARTS) is 1. The van der Waals surface area contributed by atoms with Gasteiger partial charge in [-0.1, -0.05) is 44.2 Å². The van der Waals surface area contributed by atoms with Crippen LogP contribution >= 0.6 is 0 Å². The van der Waals surface area contributed by atoms with Crippen molar-refractivity contribution in [2.45, 2.75) is 69.2 Å². The molecule has 0 spiro atoms. The van der Waals surface area contributed by atoms with E-state index in [4.69, 9.17) is 5.11 Å². The molecule has 2 bridgehead atoms. The number of carboxylic acids is 1. The van der Waals surface area contributed by atoms with Crippen molar-refractivity contribution in [2.75, 3.05) is 0 Å². The molecule has 0 aromatic heterocycles. The van der Waals surface area contributed by atoms with E-state index in [1.165, 1.54) is 0 Å². The number of aliphatic carboxylic acids is 1. The van der Waals surface area contributed by atoms with Crippen molar-refractivity contribution in [3.63, 3.8) is 0 Å². The van der Waals surface area contributed by atoms with E-state index in [0.717, 1.165) is 32.1 Å². The quantitative estimate of drug-likeness (QED) is 0.472. The van der Waals surface area contributed by atoms with E-state index in [2.05, 4.69) is 24.6 Å². The molecule has 3 saturated carbocycles. The molecule has 2 N–H and O–H groups in total. The number of fused-ring (bicyclic) bond motifs is 2. The van der Waals surface area contributed by atoms with Gasteiger partial charge in [0, 0.05) is 12.0 Å². The molecule has 0 saturated heterocycles. The zero-order valence-electron chi connectivity index (χ0n) is 16.7. The van der Waals surface area contributed by atoms with E-state index in [1.54, 1.807) is 24.3 Å². The van der Waals surface area contributed by atoms with Crippen LogP contribution in [0.2, 0.25) is 0 Å². The highest BCUT2D eigenvalue weighted by Crippen LogP contribution is 2.65. The van der Waals surface area contributed by atoms with Gasteiger partial charge in [0.25, 0.3) is 0 Å². The molecule has 0 heterocycles. The lowest BCUT2D eigenvalue weighted by atomic mass is 9.41. The smallest absolute Gasteiger partial charge is 0.303 e. The van der Waals surface area contributed by atoms with Crippen molar-refractivity contribution in [2.24, 2.45) is 17.3 Å². The van der Waals surface area contributed by atoms with E-state index in [-0.39, 0.29) is 17.8 Å². The third-order valence-corrected chi connectivity index (χ3v) is 8.54. The Kier molecular flexibility index (Phi) is 6.01. The van der Waals surface area contributed by atoms with Gasteiger partial charge < -0.3 is 5.11 Å². The third kappa shape index (κ3) is 3.90. The van der Waals surface area contributed by atoms with Crippen molar-refractivity contribution in [3.05, 3.63) is 42.5 Å². The van der Waals surface area contributed by atoms with Crippen LogP contribution in [0.4, 0.5) is 0 Å². The number of carbonyl (C=O) groups is 1. The molecule has 154 valence electrons. The molecule has 0 amide bonds. The van der Waals surface area contributed by atoms with Crippen LogP contribution in [0.15, 0.2) is 47.4 Å². The van der Waals surface area contributed by atoms with E-state index >= 15 is 0 Å². The summed E-state index contributed by atoms with van der Waals surface area (Å²) < 4.78 is 29.2. The van der Waals surface area contributed by atoms with Crippen LogP contribution < -0.4 is 4.72 Å². The predicted octanol–water partition coefficient (Wildman–Crippen LogP) is 4.36. The number of hydrogen-bond acceptors (Lipinski definition) is 3. The molecule has 3 atom stereocenters. The Balaban J connectivity index is 1.73. The molecule has 0 unspecified atom stereocenters. The van der Waals surface area contributed by atoms with Gasteiger partial charge >= 0.3 is 5.97 Å². The number of hydrogen-bond donors (Lipinski definition) is 2. The summed E-state index contributed by atoms with van der Waals surface area (Å²) in [6.07, 6.45) is 9.58. The fraction of sp³-hybridized carbons (Fsp3) is 0.591. The van der Waals surface area contributed by atoms with Gasteiger partial charge in [-0.2, -0.15) is 0 Å². The molecule has 1 aromatic rings. The highest BCUT2D eigenvalue weighted by Gasteiger charge is 2.66. The average Bonchev–Trinajstić information content (AvgIpc) is 2.65. The van der Waals surface area contributed by atoms with Gasteiger partial charge in [-0.3, -0.25) is 4.79 Å². The van der Waals surface area contributed by atoms with Crippen molar-refractivity contribution < 1.29 is 18.3 Å². The van der Waals surface area contributed by atoms with Gasteiger partial charge in [-0.25, -0.2) is 13.1 Å². The summed E-state index contributed by atoms with van der Waals surface area (Å²) in [6.45, 7) is 4.38. The van der Waals surface area contributed by atoms with Crippen molar-refractivity contribution in [3.8, 4) is 0 Å². The van der Waals surface area contributed by atoms with E-state index in [1.807, 2.05) is 12.1 Å². The molecule has 3 fully saturated rings. The van der Waals surface area contributed by atoms with Crippen molar-refractivity contribution in [1.29, 1.82) is 0 Å². The third-order valence-electron chi connectivity index (χ3n) is 7.02. The molecule has 0 aliphatic heterocycles. The number of nitrogens with one attached hydrogen (secondary N) is 1. The molecule has 3 aliphatic carbocycles. The summed E-state index contributed by atoms with van der Waals surface area (Å²) >= 11 is 0. The largest absolute Gasteiger partial charge is 0.481 e. The van der Waals surface area contributed by atoms with Gasteiger partial charge in [0.1, 0.15) is 0 Å². The Bertz CT molecular complexity index is 831.